The SMILES string of the molecule is CC=N/C(C(=O)NCc1ccc(F)cc1)=C(/O)C(C)=N. The number of carbonyl (C=O) groups is 1. The minimum atomic E-state index is -0.600. The Kier molecular flexibility index (Phi) is 5.58. The molecule has 5 nitrogen and oxygen atoms in total. The van der Waals surface area contributed by atoms with Crippen LogP contribution in [0, 0.1) is 11.2 Å². The van der Waals surface area contributed by atoms with E-state index in [4.69, 9.17) is 5.41 Å². The molecule has 6 heteroatoms. The summed E-state index contributed by atoms with van der Waals surface area (Å²) in [6, 6.07) is 5.68. The maximum Gasteiger partial charge on any atom is 0.274 e. The predicted octanol–water partition coefficient (Wildman–Crippen LogP) is 2.34. The van der Waals surface area contributed by atoms with Crippen LogP contribution in [0.2, 0.25) is 0 Å². The first-order valence-corrected chi connectivity index (χ1v) is 5.95. The van der Waals surface area contributed by atoms with Crippen LogP contribution in [0.15, 0.2) is 40.7 Å². The first-order valence-electron chi connectivity index (χ1n) is 5.95. The van der Waals surface area contributed by atoms with E-state index in [2.05, 4.69) is 10.3 Å². The lowest BCUT2D eigenvalue weighted by atomic mass is 10.2. The van der Waals surface area contributed by atoms with E-state index < -0.39 is 11.7 Å². The van der Waals surface area contributed by atoms with Crippen molar-refractivity contribution in [1.29, 1.82) is 5.41 Å². The highest BCUT2D eigenvalue weighted by molar-refractivity contribution is 6.04. The van der Waals surface area contributed by atoms with Crippen LogP contribution < -0.4 is 5.32 Å². The molecule has 0 saturated heterocycles. The molecule has 0 atom stereocenters. The molecule has 0 aliphatic rings. The highest BCUT2D eigenvalue weighted by Crippen LogP contribution is 2.07. The Morgan fingerprint density at radius 2 is 2.05 bits per heavy atom. The van der Waals surface area contributed by atoms with Gasteiger partial charge in [0, 0.05) is 12.8 Å². The zero-order valence-corrected chi connectivity index (χ0v) is 11.3. The van der Waals surface area contributed by atoms with Gasteiger partial charge in [-0.2, -0.15) is 0 Å². The molecule has 0 radical (unpaired) electrons. The van der Waals surface area contributed by atoms with E-state index in [0.717, 1.165) is 0 Å². The summed E-state index contributed by atoms with van der Waals surface area (Å²) < 4.78 is 12.7. The van der Waals surface area contributed by atoms with Gasteiger partial charge in [0.2, 0.25) is 0 Å². The molecule has 0 aliphatic heterocycles. The molecule has 3 N–H and O–H groups in total. The van der Waals surface area contributed by atoms with Crippen molar-refractivity contribution in [2.45, 2.75) is 20.4 Å². The van der Waals surface area contributed by atoms with Crippen molar-refractivity contribution in [3.63, 3.8) is 0 Å². The van der Waals surface area contributed by atoms with Gasteiger partial charge in [-0.15, -0.1) is 0 Å². The number of aliphatic hydroxyl groups is 1. The van der Waals surface area contributed by atoms with Crippen molar-refractivity contribution in [3.8, 4) is 0 Å². The standard InChI is InChI=1S/C14H16FN3O2/c1-3-17-12(13(19)9(2)16)14(20)18-8-10-4-6-11(15)7-5-10/h3-7,16,19H,8H2,1-2H3,(H,18,20)/b13-12+,16-9?,17-3?. The van der Waals surface area contributed by atoms with E-state index in [1.807, 2.05) is 0 Å². The number of benzene rings is 1. The van der Waals surface area contributed by atoms with Crippen molar-refractivity contribution in [3.05, 3.63) is 47.1 Å². The minimum Gasteiger partial charge on any atom is -0.504 e. The van der Waals surface area contributed by atoms with Gasteiger partial charge in [0.05, 0.1) is 5.71 Å². The van der Waals surface area contributed by atoms with E-state index in [-0.39, 0.29) is 23.8 Å². The molecule has 0 saturated carbocycles. The Labute approximate surface area is 116 Å². The Balaban J connectivity index is 2.80. The topological polar surface area (TPSA) is 85.5 Å². The van der Waals surface area contributed by atoms with E-state index in [1.165, 1.54) is 25.3 Å². The lowest BCUT2D eigenvalue weighted by Gasteiger charge is -2.07. The average molecular weight is 277 g/mol. The van der Waals surface area contributed by atoms with Gasteiger partial charge < -0.3 is 15.8 Å². The molecule has 1 amide bonds. The zero-order valence-electron chi connectivity index (χ0n) is 11.3. The van der Waals surface area contributed by atoms with Crippen LogP contribution in [0.1, 0.15) is 19.4 Å². The maximum atomic E-state index is 12.7. The molecular formula is C14H16FN3O2. The molecule has 0 unspecified atom stereocenters. The van der Waals surface area contributed by atoms with Crippen molar-refractivity contribution < 1.29 is 14.3 Å². The number of aliphatic imine (C=N–C) groups is 1. The summed E-state index contributed by atoms with van der Waals surface area (Å²) in [6.07, 6.45) is 1.35. The Bertz CT molecular complexity index is 562. The average Bonchev–Trinajstić information content (AvgIpc) is 2.43. The number of nitrogens with zero attached hydrogens (tertiary/aromatic N) is 1. The molecule has 0 heterocycles. The second-order valence-electron chi connectivity index (χ2n) is 4.02. The van der Waals surface area contributed by atoms with E-state index >= 15 is 0 Å². The largest absolute Gasteiger partial charge is 0.504 e. The Morgan fingerprint density at radius 1 is 1.45 bits per heavy atom. The predicted molar refractivity (Wildman–Crippen MR) is 75.5 cm³/mol. The fourth-order valence-corrected chi connectivity index (χ4v) is 1.40. The molecule has 0 fully saturated rings. The third kappa shape index (κ3) is 4.31. The number of amides is 1. The molecule has 0 spiro atoms. The van der Waals surface area contributed by atoms with Crippen molar-refractivity contribution in [2.24, 2.45) is 4.99 Å². The van der Waals surface area contributed by atoms with Gasteiger partial charge in [0.1, 0.15) is 5.82 Å². The zero-order chi connectivity index (χ0) is 15.1. The molecular weight excluding hydrogens is 261 g/mol. The second-order valence-corrected chi connectivity index (χ2v) is 4.02. The molecule has 106 valence electrons. The van der Waals surface area contributed by atoms with Crippen LogP contribution in [0.4, 0.5) is 4.39 Å². The number of hydrogen-bond acceptors (Lipinski definition) is 4. The van der Waals surface area contributed by atoms with Gasteiger partial charge in [0.15, 0.2) is 11.5 Å². The van der Waals surface area contributed by atoms with Crippen LogP contribution in [0.5, 0.6) is 0 Å². The maximum absolute atomic E-state index is 12.7. The first-order chi connectivity index (χ1) is 9.45. The van der Waals surface area contributed by atoms with Crippen molar-refractivity contribution in [1.82, 2.24) is 5.32 Å². The number of hydrogen-bond donors (Lipinski definition) is 3. The van der Waals surface area contributed by atoms with Crippen LogP contribution in [0.25, 0.3) is 0 Å². The quantitative estimate of drug-likeness (QED) is 0.438. The van der Waals surface area contributed by atoms with Gasteiger partial charge in [-0.05, 0) is 31.5 Å². The monoisotopic (exact) mass is 277 g/mol. The van der Waals surface area contributed by atoms with Crippen molar-refractivity contribution >= 4 is 17.8 Å². The highest BCUT2D eigenvalue weighted by atomic mass is 19.1. The summed E-state index contributed by atoms with van der Waals surface area (Å²) in [6.45, 7) is 3.12. The van der Waals surface area contributed by atoms with Crippen LogP contribution >= 0.6 is 0 Å². The number of nitrogens with one attached hydrogen (secondary N) is 2. The normalized spacial score (nSPS) is 12.2. The highest BCUT2D eigenvalue weighted by Gasteiger charge is 2.15. The summed E-state index contributed by atoms with van der Waals surface area (Å²) >= 11 is 0. The lowest BCUT2D eigenvalue weighted by Crippen LogP contribution is -2.25. The molecule has 0 bridgehead atoms. The van der Waals surface area contributed by atoms with Gasteiger partial charge in [0.25, 0.3) is 5.91 Å². The number of allylic oxidation sites excluding steroid dienone is 1. The Morgan fingerprint density at radius 3 is 2.55 bits per heavy atom. The number of halogens is 1. The molecule has 1 aromatic carbocycles. The molecule has 0 aliphatic carbocycles. The fourth-order valence-electron chi connectivity index (χ4n) is 1.40. The summed E-state index contributed by atoms with van der Waals surface area (Å²) in [5.41, 5.74) is 0.343. The first kappa shape index (κ1) is 15.6. The third-order valence-electron chi connectivity index (χ3n) is 2.42. The summed E-state index contributed by atoms with van der Waals surface area (Å²) in [7, 11) is 0. The molecule has 0 aromatic heterocycles. The molecule has 20 heavy (non-hydrogen) atoms. The minimum absolute atomic E-state index is 0.150. The van der Waals surface area contributed by atoms with Gasteiger partial charge in [-0.25, -0.2) is 4.39 Å². The van der Waals surface area contributed by atoms with Crippen molar-refractivity contribution in [2.75, 3.05) is 0 Å². The lowest BCUT2D eigenvalue weighted by molar-refractivity contribution is -0.117. The summed E-state index contributed by atoms with van der Waals surface area (Å²) in [5.74, 6) is -1.43. The summed E-state index contributed by atoms with van der Waals surface area (Å²) in [4.78, 5) is 15.7. The number of aliphatic hydroxyl groups excluding tert-OH is 1. The van der Waals surface area contributed by atoms with Crippen LogP contribution in [-0.4, -0.2) is 22.9 Å². The van der Waals surface area contributed by atoms with Gasteiger partial charge in [-0.1, -0.05) is 12.1 Å². The second kappa shape index (κ2) is 7.18. The fraction of sp³-hybridized carbons (Fsp3) is 0.214. The summed E-state index contributed by atoms with van der Waals surface area (Å²) in [5, 5.41) is 19.5. The molecule has 1 rings (SSSR count). The Hall–Kier alpha value is -2.50. The van der Waals surface area contributed by atoms with E-state index in [0.29, 0.717) is 5.56 Å². The smallest absolute Gasteiger partial charge is 0.274 e. The van der Waals surface area contributed by atoms with Crippen LogP contribution in [-0.2, 0) is 11.3 Å². The van der Waals surface area contributed by atoms with E-state index in [9.17, 15) is 14.3 Å². The van der Waals surface area contributed by atoms with Gasteiger partial charge in [-0.3, -0.25) is 9.79 Å². The number of carbonyl (C=O) groups excluding carboxylic acids is 1. The third-order valence-corrected chi connectivity index (χ3v) is 2.42. The van der Waals surface area contributed by atoms with Crippen LogP contribution in [0.3, 0.4) is 0 Å². The number of rotatable bonds is 5. The van der Waals surface area contributed by atoms with Gasteiger partial charge >= 0.3 is 0 Å². The molecule has 1 aromatic rings. The van der Waals surface area contributed by atoms with E-state index in [1.54, 1.807) is 19.1 Å².